The van der Waals surface area contributed by atoms with Crippen LogP contribution in [0.1, 0.15) is 56.2 Å². The highest BCUT2D eigenvalue weighted by Crippen LogP contribution is 2.40. The number of ether oxygens (including phenoxy) is 2. The third kappa shape index (κ3) is 5.60. The number of aromatic nitrogens is 2. The molecule has 1 aromatic heterocycles. The summed E-state index contributed by atoms with van der Waals surface area (Å²) in [5.41, 5.74) is 5.43. The summed E-state index contributed by atoms with van der Waals surface area (Å²) >= 11 is 0. The molecular weight excluding hydrogens is 512 g/mol. The third-order valence-corrected chi connectivity index (χ3v) is 7.15. The van der Waals surface area contributed by atoms with E-state index in [0.717, 1.165) is 28.5 Å². The van der Waals surface area contributed by atoms with Crippen LogP contribution in [0.4, 0.5) is 13.6 Å². The molecule has 202 valence electrons. The molecule has 3 N–H and O–H groups in total. The number of hydrogen-bond donors (Lipinski definition) is 2. The van der Waals surface area contributed by atoms with E-state index in [4.69, 9.17) is 15.2 Å². The molecular formula is C23H29F2N5O6S. The Morgan fingerprint density at radius 2 is 1.95 bits per heavy atom. The Morgan fingerprint density at radius 3 is 2.57 bits per heavy atom. The Balaban J connectivity index is 1.65. The Hall–Kier alpha value is -3.10. The number of primary amides is 1. The molecule has 0 unspecified atom stereocenters. The molecule has 4 rings (SSSR count). The van der Waals surface area contributed by atoms with Gasteiger partial charge in [0.25, 0.3) is 10.0 Å². The van der Waals surface area contributed by atoms with Crippen LogP contribution in [0.2, 0.25) is 0 Å². The van der Waals surface area contributed by atoms with Gasteiger partial charge in [-0.15, -0.1) is 0 Å². The molecule has 2 aliphatic rings. The predicted molar refractivity (Wildman–Crippen MR) is 127 cm³/mol. The van der Waals surface area contributed by atoms with Gasteiger partial charge < -0.3 is 20.5 Å². The predicted octanol–water partition coefficient (Wildman–Crippen LogP) is 1.73. The molecule has 3 heterocycles. The van der Waals surface area contributed by atoms with Gasteiger partial charge in [0, 0.05) is 23.7 Å². The highest BCUT2D eigenvalue weighted by molar-refractivity contribution is 7.89. The van der Waals surface area contributed by atoms with Crippen LogP contribution in [0.3, 0.4) is 0 Å². The molecule has 4 atom stereocenters. The third-order valence-electron chi connectivity index (χ3n) is 6.20. The van der Waals surface area contributed by atoms with Crippen molar-refractivity contribution < 1.29 is 36.3 Å². The molecule has 1 saturated heterocycles. The minimum absolute atomic E-state index is 0.0161. The Kier molecular flexibility index (Phi) is 7.03. The van der Waals surface area contributed by atoms with Gasteiger partial charge >= 0.3 is 6.09 Å². The van der Waals surface area contributed by atoms with Crippen molar-refractivity contribution >= 4 is 22.0 Å². The lowest BCUT2D eigenvalue weighted by Gasteiger charge is -2.41. The quantitative estimate of drug-likeness (QED) is 0.582. The Labute approximate surface area is 212 Å². The van der Waals surface area contributed by atoms with Crippen molar-refractivity contribution in [2.75, 3.05) is 12.9 Å². The second-order valence-corrected chi connectivity index (χ2v) is 12.0. The van der Waals surface area contributed by atoms with Gasteiger partial charge in [0.2, 0.25) is 5.91 Å². The molecule has 0 saturated carbocycles. The summed E-state index contributed by atoms with van der Waals surface area (Å²) < 4.78 is 65.1. The number of halogens is 2. The average Bonchev–Trinajstić information content (AvgIpc) is 3.33. The molecule has 1 fully saturated rings. The Bertz CT molecular complexity index is 1330. The fraction of sp³-hybridized carbons (Fsp3) is 0.522. The van der Waals surface area contributed by atoms with Gasteiger partial charge in [-0.25, -0.2) is 22.0 Å². The zero-order valence-corrected chi connectivity index (χ0v) is 21.6. The smallest absolute Gasteiger partial charge is 0.407 e. The number of fused-ring (bicyclic) bond motifs is 1. The number of carbonyl (C=O) groups is 2. The molecule has 14 heteroatoms. The van der Waals surface area contributed by atoms with Gasteiger partial charge in [-0.3, -0.25) is 9.69 Å². The molecule has 0 radical (unpaired) electrons. The fourth-order valence-electron chi connectivity index (χ4n) is 4.81. The summed E-state index contributed by atoms with van der Waals surface area (Å²) in [5, 5.41) is 6.58. The summed E-state index contributed by atoms with van der Waals surface area (Å²) in [7, 11) is -3.74. The number of carbonyl (C=O) groups excluding carboxylic acids is 2. The van der Waals surface area contributed by atoms with Crippen molar-refractivity contribution in [2.45, 2.75) is 63.6 Å². The lowest BCUT2D eigenvalue weighted by molar-refractivity contribution is -0.127. The van der Waals surface area contributed by atoms with E-state index >= 15 is 0 Å². The molecule has 11 nitrogen and oxygen atoms in total. The summed E-state index contributed by atoms with van der Waals surface area (Å²) in [6, 6.07) is 0.526. The first kappa shape index (κ1) is 26.9. The van der Waals surface area contributed by atoms with Gasteiger partial charge in [-0.05, 0) is 45.4 Å². The van der Waals surface area contributed by atoms with Crippen LogP contribution in [-0.2, 0) is 30.8 Å². The number of nitrogens with zero attached hydrogens (tertiary/aromatic N) is 3. The average molecular weight is 542 g/mol. The van der Waals surface area contributed by atoms with Gasteiger partial charge in [0.1, 0.15) is 29.4 Å². The largest absolute Gasteiger partial charge is 0.444 e. The van der Waals surface area contributed by atoms with Crippen molar-refractivity contribution in [1.29, 1.82) is 0 Å². The SMILES string of the molecule is CC(C)(C)OC(=O)N[C@H]1C[C@@H](N2Cc3c(cnn3S(C)(=O)=O)[C@@H]2C(N)=O)CO[C@@H]1c1cc(F)ccc1F. The van der Waals surface area contributed by atoms with E-state index in [1.54, 1.807) is 25.7 Å². The zero-order valence-electron chi connectivity index (χ0n) is 20.8. The monoisotopic (exact) mass is 541 g/mol. The van der Waals surface area contributed by atoms with Crippen LogP contribution in [0, 0.1) is 11.6 Å². The highest BCUT2D eigenvalue weighted by Gasteiger charge is 2.46. The molecule has 37 heavy (non-hydrogen) atoms. The van der Waals surface area contributed by atoms with Crippen LogP contribution in [0.5, 0.6) is 0 Å². The van der Waals surface area contributed by atoms with Crippen molar-refractivity contribution in [3.63, 3.8) is 0 Å². The minimum Gasteiger partial charge on any atom is -0.444 e. The maximum Gasteiger partial charge on any atom is 0.407 e. The molecule has 2 amide bonds. The summed E-state index contributed by atoms with van der Waals surface area (Å²) in [5.74, 6) is -2.10. The van der Waals surface area contributed by atoms with Gasteiger partial charge in [0.05, 0.1) is 30.8 Å². The van der Waals surface area contributed by atoms with E-state index < -0.39 is 63.5 Å². The number of nitrogens with one attached hydrogen (secondary N) is 1. The number of hydrogen-bond acceptors (Lipinski definition) is 8. The summed E-state index contributed by atoms with van der Waals surface area (Å²) in [4.78, 5) is 26.7. The van der Waals surface area contributed by atoms with E-state index in [1.165, 1.54) is 6.20 Å². The molecule has 2 aliphatic heterocycles. The van der Waals surface area contributed by atoms with Gasteiger partial charge in [0.15, 0.2) is 0 Å². The molecule has 0 aliphatic carbocycles. The fourth-order valence-corrected chi connectivity index (χ4v) is 5.60. The van der Waals surface area contributed by atoms with Crippen molar-refractivity contribution in [2.24, 2.45) is 5.73 Å². The van der Waals surface area contributed by atoms with Crippen molar-refractivity contribution in [3.8, 4) is 0 Å². The van der Waals surface area contributed by atoms with Crippen LogP contribution in [-0.4, -0.2) is 65.1 Å². The Morgan fingerprint density at radius 1 is 1.24 bits per heavy atom. The topological polar surface area (TPSA) is 146 Å². The van der Waals surface area contributed by atoms with E-state index in [2.05, 4.69) is 10.4 Å². The number of alkyl carbamates (subject to hydrolysis) is 1. The van der Waals surface area contributed by atoms with Gasteiger partial charge in [-0.2, -0.15) is 9.19 Å². The summed E-state index contributed by atoms with van der Waals surface area (Å²) in [6.07, 6.45) is 0.581. The van der Waals surface area contributed by atoms with Crippen LogP contribution >= 0.6 is 0 Å². The van der Waals surface area contributed by atoms with Crippen LogP contribution in [0.15, 0.2) is 24.4 Å². The van der Waals surface area contributed by atoms with E-state index in [9.17, 15) is 26.8 Å². The van der Waals surface area contributed by atoms with Crippen LogP contribution in [0.25, 0.3) is 0 Å². The highest BCUT2D eigenvalue weighted by atomic mass is 32.2. The second-order valence-electron chi connectivity index (χ2n) is 10.2. The molecule has 0 spiro atoms. The molecule has 0 bridgehead atoms. The number of rotatable bonds is 5. The first-order valence-corrected chi connectivity index (χ1v) is 13.4. The molecule has 1 aromatic carbocycles. The van der Waals surface area contributed by atoms with Crippen molar-refractivity contribution in [1.82, 2.24) is 19.4 Å². The molecule has 2 aromatic rings. The maximum absolute atomic E-state index is 14.7. The number of amides is 2. The van der Waals surface area contributed by atoms with Crippen molar-refractivity contribution in [3.05, 3.63) is 52.9 Å². The number of nitrogens with two attached hydrogens (primary N) is 1. The van der Waals surface area contributed by atoms with Gasteiger partial charge in [-0.1, -0.05) is 0 Å². The van der Waals surface area contributed by atoms with E-state index in [-0.39, 0.29) is 25.1 Å². The minimum atomic E-state index is -3.74. The number of benzene rings is 1. The first-order valence-electron chi connectivity index (χ1n) is 11.5. The van der Waals surface area contributed by atoms with E-state index in [0.29, 0.717) is 11.3 Å². The maximum atomic E-state index is 14.7. The second kappa shape index (κ2) is 9.65. The summed E-state index contributed by atoms with van der Waals surface area (Å²) in [6.45, 7) is 5.02. The normalized spacial score (nSPS) is 24.5. The zero-order chi connectivity index (χ0) is 27.3. The first-order chi connectivity index (χ1) is 17.2. The lowest BCUT2D eigenvalue weighted by Crippen LogP contribution is -2.53. The van der Waals surface area contributed by atoms with Crippen LogP contribution < -0.4 is 11.1 Å². The lowest BCUT2D eigenvalue weighted by atomic mass is 9.92. The van der Waals surface area contributed by atoms with E-state index in [1.807, 2.05) is 0 Å². The standard InChI is InChI=1S/C23H29F2N5O6S/c1-23(2,3)36-22(32)28-17-8-13(11-35-20(17)14-7-12(24)5-6-16(14)25)29-10-18-15(19(29)21(26)31)9-27-30(18)37(4,33)34/h5-7,9,13,17,19-20H,8,10-11H2,1-4H3,(H2,26,31)(H,28,32)/t13-,17+,19-,20-/m1/s1.